The first kappa shape index (κ1) is 12.5. The summed E-state index contributed by atoms with van der Waals surface area (Å²) in [6.07, 6.45) is 2.58. The molecule has 1 fully saturated rings. The lowest BCUT2D eigenvalue weighted by atomic mass is 9.79. The van der Waals surface area contributed by atoms with E-state index in [1.165, 1.54) is 0 Å². The normalized spacial score (nSPS) is 22.5. The highest BCUT2D eigenvalue weighted by Crippen LogP contribution is 2.57. The Hall–Kier alpha value is -0.570. The fourth-order valence-corrected chi connectivity index (χ4v) is 2.65. The molecule has 88 valence electrons. The molecule has 0 aromatic carbocycles. The van der Waals surface area contributed by atoms with Crippen molar-refractivity contribution >= 4 is 5.97 Å². The van der Waals surface area contributed by atoms with Gasteiger partial charge >= 0.3 is 5.97 Å². The van der Waals surface area contributed by atoms with Crippen LogP contribution in [-0.2, 0) is 4.79 Å². The van der Waals surface area contributed by atoms with Crippen molar-refractivity contribution in [3.05, 3.63) is 0 Å². The van der Waals surface area contributed by atoms with Gasteiger partial charge in [-0.3, -0.25) is 9.69 Å². The largest absolute Gasteiger partial charge is 0.481 e. The van der Waals surface area contributed by atoms with Crippen molar-refractivity contribution in [3.63, 3.8) is 0 Å². The molecule has 1 atom stereocenters. The van der Waals surface area contributed by atoms with Gasteiger partial charge < -0.3 is 5.11 Å². The summed E-state index contributed by atoms with van der Waals surface area (Å²) in [6, 6.07) is 0. The van der Waals surface area contributed by atoms with E-state index >= 15 is 0 Å². The third-order valence-electron chi connectivity index (χ3n) is 4.26. The lowest BCUT2D eigenvalue weighted by Gasteiger charge is -2.44. The van der Waals surface area contributed by atoms with E-state index < -0.39 is 5.97 Å². The molecule has 0 heterocycles. The zero-order valence-electron chi connectivity index (χ0n) is 10.3. The molecule has 1 rings (SSSR count). The number of nitrogens with zero attached hydrogens (tertiary/aromatic N) is 1. The van der Waals surface area contributed by atoms with Crippen molar-refractivity contribution in [1.82, 2.24) is 4.90 Å². The van der Waals surface area contributed by atoms with E-state index in [4.69, 9.17) is 5.11 Å². The highest BCUT2D eigenvalue weighted by atomic mass is 16.4. The van der Waals surface area contributed by atoms with E-state index in [1.54, 1.807) is 0 Å². The van der Waals surface area contributed by atoms with Gasteiger partial charge in [0.1, 0.15) is 0 Å². The maximum atomic E-state index is 11.0. The second-order valence-electron chi connectivity index (χ2n) is 5.08. The Kier molecular flexibility index (Phi) is 3.44. The molecule has 3 heteroatoms. The Balaban J connectivity index is 2.89. The monoisotopic (exact) mass is 213 g/mol. The summed E-state index contributed by atoms with van der Waals surface area (Å²) in [4.78, 5) is 13.3. The first-order valence-electron chi connectivity index (χ1n) is 5.86. The maximum Gasteiger partial charge on any atom is 0.305 e. The minimum absolute atomic E-state index is 0.178. The van der Waals surface area contributed by atoms with E-state index in [0.717, 1.165) is 25.9 Å². The van der Waals surface area contributed by atoms with E-state index in [2.05, 4.69) is 32.6 Å². The first-order chi connectivity index (χ1) is 6.89. The van der Waals surface area contributed by atoms with Crippen LogP contribution in [0, 0.1) is 5.41 Å². The summed E-state index contributed by atoms with van der Waals surface area (Å²) in [7, 11) is 0. The van der Waals surface area contributed by atoms with Gasteiger partial charge in [0.25, 0.3) is 0 Å². The quantitative estimate of drug-likeness (QED) is 0.736. The summed E-state index contributed by atoms with van der Waals surface area (Å²) < 4.78 is 0. The number of carbonyl (C=O) groups is 1. The van der Waals surface area contributed by atoms with Crippen LogP contribution in [0.3, 0.4) is 0 Å². The van der Waals surface area contributed by atoms with Gasteiger partial charge in [0.05, 0.1) is 6.42 Å². The van der Waals surface area contributed by atoms with Crippen molar-refractivity contribution in [2.24, 2.45) is 5.41 Å². The molecule has 1 saturated carbocycles. The van der Waals surface area contributed by atoms with Crippen LogP contribution in [0.25, 0.3) is 0 Å². The summed E-state index contributed by atoms with van der Waals surface area (Å²) in [5, 5.41) is 9.05. The molecule has 0 radical (unpaired) electrons. The molecule has 1 unspecified atom stereocenters. The second kappa shape index (κ2) is 4.12. The molecule has 0 amide bonds. The van der Waals surface area contributed by atoms with Crippen LogP contribution in [-0.4, -0.2) is 34.6 Å². The standard InChI is InChI=1S/C12H23NO2/c1-5-13(6-2)12(4,9-10(14)15)11(3)7-8-11/h5-9H2,1-4H3,(H,14,15). The minimum atomic E-state index is -0.683. The molecule has 1 N–H and O–H groups in total. The lowest BCUT2D eigenvalue weighted by molar-refractivity contribution is -0.141. The molecule has 0 saturated heterocycles. The zero-order chi connectivity index (χ0) is 11.7. The first-order valence-corrected chi connectivity index (χ1v) is 5.86. The van der Waals surface area contributed by atoms with Gasteiger partial charge in [0.2, 0.25) is 0 Å². The lowest BCUT2D eigenvalue weighted by Crippen LogP contribution is -2.53. The Morgan fingerprint density at radius 1 is 1.40 bits per heavy atom. The van der Waals surface area contributed by atoms with Crippen molar-refractivity contribution in [2.45, 2.75) is 52.5 Å². The molecule has 0 aromatic rings. The van der Waals surface area contributed by atoms with Gasteiger partial charge in [-0.05, 0) is 38.3 Å². The van der Waals surface area contributed by atoms with E-state index in [1.807, 2.05) is 0 Å². The minimum Gasteiger partial charge on any atom is -0.481 e. The van der Waals surface area contributed by atoms with Crippen molar-refractivity contribution in [3.8, 4) is 0 Å². The topological polar surface area (TPSA) is 40.5 Å². The van der Waals surface area contributed by atoms with Gasteiger partial charge in [0, 0.05) is 5.54 Å². The Morgan fingerprint density at radius 2 is 1.87 bits per heavy atom. The molecule has 1 aliphatic rings. The number of carboxylic acid groups (broad SMARTS) is 1. The van der Waals surface area contributed by atoms with Crippen molar-refractivity contribution in [2.75, 3.05) is 13.1 Å². The molecule has 1 aliphatic carbocycles. The van der Waals surface area contributed by atoms with Crippen molar-refractivity contribution in [1.29, 1.82) is 0 Å². The van der Waals surface area contributed by atoms with Crippen LogP contribution in [0.2, 0.25) is 0 Å². The Labute approximate surface area is 92.5 Å². The van der Waals surface area contributed by atoms with Gasteiger partial charge in [-0.1, -0.05) is 20.8 Å². The predicted octanol–water partition coefficient (Wildman–Crippen LogP) is 2.36. The van der Waals surface area contributed by atoms with Gasteiger partial charge in [-0.15, -0.1) is 0 Å². The smallest absolute Gasteiger partial charge is 0.305 e. The van der Waals surface area contributed by atoms with Crippen LogP contribution in [0.5, 0.6) is 0 Å². The van der Waals surface area contributed by atoms with Crippen LogP contribution in [0.15, 0.2) is 0 Å². The molecule has 0 aliphatic heterocycles. The van der Waals surface area contributed by atoms with Crippen LogP contribution >= 0.6 is 0 Å². The number of rotatable bonds is 6. The van der Waals surface area contributed by atoms with Crippen LogP contribution < -0.4 is 0 Å². The SMILES string of the molecule is CCN(CC)C(C)(CC(=O)O)C1(C)CC1. The van der Waals surface area contributed by atoms with E-state index in [0.29, 0.717) is 0 Å². The van der Waals surface area contributed by atoms with Crippen LogP contribution in [0.1, 0.15) is 47.0 Å². The van der Waals surface area contributed by atoms with Gasteiger partial charge in [0.15, 0.2) is 0 Å². The van der Waals surface area contributed by atoms with Crippen molar-refractivity contribution < 1.29 is 9.90 Å². The molecule has 0 bridgehead atoms. The number of carboxylic acids is 1. The number of hydrogen-bond donors (Lipinski definition) is 1. The molecule has 0 aromatic heterocycles. The number of aliphatic carboxylic acids is 1. The van der Waals surface area contributed by atoms with E-state index in [9.17, 15) is 4.79 Å². The third-order valence-corrected chi connectivity index (χ3v) is 4.26. The maximum absolute atomic E-state index is 11.0. The molecule has 0 spiro atoms. The zero-order valence-corrected chi connectivity index (χ0v) is 10.3. The summed E-state index contributed by atoms with van der Waals surface area (Å²) in [5.41, 5.74) is 0.0275. The van der Waals surface area contributed by atoms with E-state index in [-0.39, 0.29) is 17.4 Å². The highest BCUT2D eigenvalue weighted by Gasteiger charge is 2.55. The van der Waals surface area contributed by atoms with Gasteiger partial charge in [-0.2, -0.15) is 0 Å². The third kappa shape index (κ3) is 2.17. The van der Waals surface area contributed by atoms with Crippen LogP contribution in [0.4, 0.5) is 0 Å². The summed E-state index contributed by atoms with van der Waals surface area (Å²) >= 11 is 0. The fraction of sp³-hybridized carbons (Fsp3) is 0.917. The molecular weight excluding hydrogens is 190 g/mol. The summed E-state index contributed by atoms with van der Waals surface area (Å²) in [6.45, 7) is 10.4. The molecule has 3 nitrogen and oxygen atoms in total. The Morgan fingerprint density at radius 3 is 2.13 bits per heavy atom. The fourth-order valence-electron chi connectivity index (χ4n) is 2.65. The highest BCUT2D eigenvalue weighted by molar-refractivity contribution is 5.68. The predicted molar refractivity (Wildman–Crippen MR) is 60.9 cm³/mol. The van der Waals surface area contributed by atoms with Gasteiger partial charge in [-0.25, -0.2) is 0 Å². The average molecular weight is 213 g/mol. The molecule has 15 heavy (non-hydrogen) atoms. The Bertz CT molecular complexity index is 244. The average Bonchev–Trinajstić information content (AvgIpc) is 2.86. The number of hydrogen-bond acceptors (Lipinski definition) is 2. The second-order valence-corrected chi connectivity index (χ2v) is 5.08. The summed E-state index contributed by atoms with van der Waals surface area (Å²) in [5.74, 6) is -0.683. The molecular formula is C12H23NO2.